The van der Waals surface area contributed by atoms with Crippen LogP contribution in [0.5, 0.6) is 11.5 Å². The highest BCUT2D eigenvalue weighted by molar-refractivity contribution is 6.30. The number of benzene rings is 2. The Morgan fingerprint density at radius 2 is 1.96 bits per heavy atom. The Kier molecular flexibility index (Phi) is 7.57. The molecule has 0 fully saturated rings. The summed E-state index contributed by atoms with van der Waals surface area (Å²) in [6.45, 7) is 1.89. The largest absolute Gasteiger partial charge is 0.495 e. The van der Waals surface area contributed by atoms with E-state index in [2.05, 4.69) is 5.32 Å². The highest BCUT2D eigenvalue weighted by Crippen LogP contribution is 2.23. The van der Waals surface area contributed by atoms with Crippen LogP contribution in [0.4, 0.5) is 5.69 Å². The summed E-state index contributed by atoms with van der Waals surface area (Å²) in [7, 11) is 3.54. The van der Waals surface area contributed by atoms with Crippen molar-refractivity contribution in [1.82, 2.24) is 4.90 Å². The van der Waals surface area contributed by atoms with Crippen molar-refractivity contribution in [2.75, 3.05) is 39.2 Å². The number of hydrogen-bond donors (Lipinski definition) is 1. The van der Waals surface area contributed by atoms with E-state index in [1.165, 1.54) is 0 Å². The van der Waals surface area contributed by atoms with Crippen LogP contribution < -0.4 is 14.8 Å². The first kappa shape index (κ1) is 19.1. The molecule has 25 heavy (non-hydrogen) atoms. The second kappa shape index (κ2) is 9.91. The average Bonchev–Trinajstić information content (AvgIpc) is 2.60. The first-order valence-electron chi connectivity index (χ1n) is 8.08. The van der Waals surface area contributed by atoms with Crippen LogP contribution in [0.25, 0.3) is 0 Å². The van der Waals surface area contributed by atoms with Gasteiger partial charge in [0, 0.05) is 24.5 Å². The lowest BCUT2D eigenvalue weighted by Crippen LogP contribution is -2.28. The number of carbonyl (C=O) groups is 1. The molecule has 6 heteroatoms. The first-order chi connectivity index (χ1) is 12.1. The number of ether oxygens (including phenoxy) is 2. The molecule has 0 aromatic heterocycles. The summed E-state index contributed by atoms with van der Waals surface area (Å²) in [5.41, 5.74) is 0.682. The Labute approximate surface area is 153 Å². The van der Waals surface area contributed by atoms with Crippen LogP contribution in [0.3, 0.4) is 0 Å². The molecule has 0 atom stereocenters. The topological polar surface area (TPSA) is 50.8 Å². The predicted octanol–water partition coefficient (Wildman–Crippen LogP) is 3.69. The van der Waals surface area contributed by atoms with Crippen LogP contribution in [0.1, 0.15) is 6.42 Å². The van der Waals surface area contributed by atoms with E-state index >= 15 is 0 Å². The molecule has 0 spiro atoms. The predicted molar refractivity (Wildman–Crippen MR) is 101 cm³/mol. The van der Waals surface area contributed by atoms with Crippen molar-refractivity contribution in [3.05, 3.63) is 53.6 Å². The van der Waals surface area contributed by atoms with Gasteiger partial charge in [0.05, 0.1) is 12.8 Å². The third kappa shape index (κ3) is 6.64. The van der Waals surface area contributed by atoms with Crippen molar-refractivity contribution in [2.24, 2.45) is 0 Å². The minimum Gasteiger partial charge on any atom is -0.495 e. The van der Waals surface area contributed by atoms with Crippen LogP contribution in [-0.2, 0) is 4.79 Å². The zero-order valence-electron chi connectivity index (χ0n) is 14.5. The third-order valence-electron chi connectivity index (χ3n) is 3.64. The Morgan fingerprint density at radius 1 is 1.16 bits per heavy atom. The molecule has 0 heterocycles. The van der Waals surface area contributed by atoms with E-state index in [4.69, 9.17) is 21.1 Å². The molecule has 2 rings (SSSR count). The van der Waals surface area contributed by atoms with E-state index in [0.717, 1.165) is 5.75 Å². The van der Waals surface area contributed by atoms with Crippen LogP contribution in [0, 0.1) is 0 Å². The van der Waals surface area contributed by atoms with Gasteiger partial charge in [-0.1, -0.05) is 29.8 Å². The Balaban J connectivity index is 1.68. The highest BCUT2D eigenvalue weighted by atomic mass is 35.5. The van der Waals surface area contributed by atoms with E-state index in [0.29, 0.717) is 42.6 Å². The second-order valence-corrected chi connectivity index (χ2v) is 6.04. The minimum atomic E-state index is -0.0490. The van der Waals surface area contributed by atoms with Gasteiger partial charge in [0.1, 0.15) is 18.1 Å². The van der Waals surface area contributed by atoms with E-state index in [9.17, 15) is 4.79 Å². The number of rotatable bonds is 9. The SMILES string of the molecule is COc1ccccc1NC(=O)CCN(C)CCOc1cccc(Cl)c1. The zero-order chi connectivity index (χ0) is 18.1. The fourth-order valence-electron chi connectivity index (χ4n) is 2.24. The number of nitrogens with one attached hydrogen (secondary N) is 1. The van der Waals surface area contributed by atoms with Crippen LogP contribution >= 0.6 is 11.6 Å². The van der Waals surface area contributed by atoms with E-state index in [1.54, 1.807) is 19.2 Å². The number of para-hydroxylation sites is 2. The molecule has 2 aromatic rings. The zero-order valence-corrected chi connectivity index (χ0v) is 15.3. The van der Waals surface area contributed by atoms with Crippen molar-refractivity contribution in [3.63, 3.8) is 0 Å². The van der Waals surface area contributed by atoms with Crippen molar-refractivity contribution < 1.29 is 14.3 Å². The van der Waals surface area contributed by atoms with Gasteiger partial charge in [0.25, 0.3) is 0 Å². The maximum Gasteiger partial charge on any atom is 0.225 e. The molecular weight excluding hydrogens is 340 g/mol. The molecule has 1 amide bonds. The van der Waals surface area contributed by atoms with Gasteiger partial charge in [0.15, 0.2) is 0 Å². The Morgan fingerprint density at radius 3 is 2.72 bits per heavy atom. The fourth-order valence-corrected chi connectivity index (χ4v) is 2.42. The molecule has 0 aliphatic rings. The number of methoxy groups -OCH3 is 1. The molecule has 0 radical (unpaired) electrons. The molecule has 1 N–H and O–H groups in total. The maximum absolute atomic E-state index is 12.1. The lowest BCUT2D eigenvalue weighted by Gasteiger charge is -2.17. The molecule has 0 aliphatic heterocycles. The number of nitrogens with zero attached hydrogens (tertiary/aromatic N) is 1. The number of hydrogen-bond acceptors (Lipinski definition) is 4. The standard InChI is InChI=1S/C19H23ClN2O3/c1-22(12-13-25-16-7-5-6-15(20)14-16)11-10-19(23)21-17-8-3-4-9-18(17)24-2/h3-9,14H,10-13H2,1-2H3,(H,21,23). The number of likely N-dealkylation sites (N-methyl/N-ethyl adjacent to an activating group) is 1. The maximum atomic E-state index is 12.1. The number of amides is 1. The fraction of sp³-hybridized carbons (Fsp3) is 0.316. The van der Waals surface area contributed by atoms with Crippen LogP contribution in [0.15, 0.2) is 48.5 Å². The minimum absolute atomic E-state index is 0.0490. The van der Waals surface area contributed by atoms with Gasteiger partial charge < -0.3 is 19.7 Å². The van der Waals surface area contributed by atoms with Gasteiger partial charge >= 0.3 is 0 Å². The number of halogens is 1. The van der Waals surface area contributed by atoms with Gasteiger partial charge in [-0.25, -0.2) is 0 Å². The van der Waals surface area contributed by atoms with Crippen molar-refractivity contribution >= 4 is 23.2 Å². The van der Waals surface area contributed by atoms with Crippen molar-refractivity contribution in [1.29, 1.82) is 0 Å². The summed E-state index contributed by atoms with van der Waals surface area (Å²) in [5.74, 6) is 1.35. The lowest BCUT2D eigenvalue weighted by molar-refractivity contribution is -0.116. The molecule has 134 valence electrons. The smallest absolute Gasteiger partial charge is 0.225 e. The average molecular weight is 363 g/mol. The molecular formula is C19H23ClN2O3. The summed E-state index contributed by atoms with van der Waals surface area (Å²) in [5, 5.41) is 3.52. The molecule has 0 aliphatic carbocycles. The third-order valence-corrected chi connectivity index (χ3v) is 3.87. The molecule has 0 saturated carbocycles. The molecule has 0 unspecified atom stereocenters. The molecule has 2 aromatic carbocycles. The lowest BCUT2D eigenvalue weighted by atomic mass is 10.2. The monoisotopic (exact) mass is 362 g/mol. The van der Waals surface area contributed by atoms with Crippen molar-refractivity contribution in [3.8, 4) is 11.5 Å². The van der Waals surface area contributed by atoms with Gasteiger partial charge in [0.2, 0.25) is 5.91 Å². The van der Waals surface area contributed by atoms with Gasteiger partial charge in [-0.15, -0.1) is 0 Å². The Bertz CT molecular complexity index is 694. The highest BCUT2D eigenvalue weighted by Gasteiger charge is 2.08. The molecule has 0 bridgehead atoms. The van der Waals surface area contributed by atoms with E-state index in [-0.39, 0.29) is 5.91 Å². The quantitative estimate of drug-likeness (QED) is 0.739. The summed E-state index contributed by atoms with van der Waals surface area (Å²) in [6.07, 6.45) is 0.395. The van der Waals surface area contributed by atoms with Gasteiger partial charge in [-0.3, -0.25) is 4.79 Å². The summed E-state index contributed by atoms with van der Waals surface area (Å²) < 4.78 is 10.9. The van der Waals surface area contributed by atoms with Crippen LogP contribution in [-0.4, -0.2) is 44.7 Å². The van der Waals surface area contributed by atoms with E-state index < -0.39 is 0 Å². The van der Waals surface area contributed by atoms with Crippen LogP contribution in [0.2, 0.25) is 5.02 Å². The summed E-state index contributed by atoms with van der Waals surface area (Å²) >= 11 is 5.92. The normalized spacial score (nSPS) is 10.6. The molecule has 0 saturated heterocycles. The molecule has 5 nitrogen and oxygen atoms in total. The van der Waals surface area contributed by atoms with Gasteiger partial charge in [-0.2, -0.15) is 0 Å². The first-order valence-corrected chi connectivity index (χ1v) is 8.46. The number of anilines is 1. The van der Waals surface area contributed by atoms with Crippen molar-refractivity contribution in [2.45, 2.75) is 6.42 Å². The van der Waals surface area contributed by atoms with Gasteiger partial charge in [-0.05, 0) is 37.4 Å². The second-order valence-electron chi connectivity index (χ2n) is 5.61. The summed E-state index contributed by atoms with van der Waals surface area (Å²) in [6, 6.07) is 14.7. The Hall–Kier alpha value is -2.24. The number of carbonyl (C=O) groups excluding carboxylic acids is 1. The summed E-state index contributed by atoms with van der Waals surface area (Å²) in [4.78, 5) is 14.1. The van der Waals surface area contributed by atoms with E-state index in [1.807, 2.05) is 48.3 Å².